The smallest absolute Gasteiger partial charge is 0.137 e. The number of aryl methyl sites for hydroxylation is 1. The van der Waals surface area contributed by atoms with Gasteiger partial charge >= 0.3 is 0 Å². The van der Waals surface area contributed by atoms with Gasteiger partial charge in [-0.25, -0.2) is 4.39 Å². The Labute approximate surface area is 118 Å². The molecule has 1 nitrogen and oxygen atoms in total. The Balaban J connectivity index is 1.84. The molecule has 4 heteroatoms. The number of anilines is 1. The number of benzene rings is 1. The number of nitrogens with one attached hydrogen (secondary N) is 1. The van der Waals surface area contributed by atoms with Crippen LogP contribution in [0.4, 0.5) is 10.1 Å². The Morgan fingerprint density at radius 2 is 2.22 bits per heavy atom. The van der Waals surface area contributed by atoms with E-state index < -0.39 is 0 Å². The van der Waals surface area contributed by atoms with Crippen molar-refractivity contribution in [2.75, 3.05) is 5.32 Å². The zero-order valence-corrected chi connectivity index (χ0v) is 12.2. The number of rotatable bonds is 2. The van der Waals surface area contributed by atoms with E-state index in [4.69, 9.17) is 0 Å². The second-order valence-corrected chi connectivity index (χ2v) is 6.37. The van der Waals surface area contributed by atoms with E-state index in [9.17, 15) is 4.39 Å². The topological polar surface area (TPSA) is 12.0 Å². The molecule has 0 aliphatic heterocycles. The average molecular weight is 326 g/mol. The van der Waals surface area contributed by atoms with Gasteiger partial charge in [0.15, 0.2) is 0 Å². The van der Waals surface area contributed by atoms with E-state index in [2.05, 4.69) is 32.7 Å². The first-order valence-electron chi connectivity index (χ1n) is 6.02. The van der Waals surface area contributed by atoms with Crippen molar-refractivity contribution in [3.8, 4) is 0 Å². The standard InChI is InChI=1S/C14H13BrFNS/c15-11-8-9(4-5-12(11)16)17-13-2-1-3-14-10(13)6-7-18-14/h4-8,13,17H,1-3H2. The molecule has 0 fully saturated rings. The van der Waals surface area contributed by atoms with E-state index in [1.54, 1.807) is 12.1 Å². The van der Waals surface area contributed by atoms with Crippen molar-refractivity contribution in [3.05, 3.63) is 50.4 Å². The number of halogens is 2. The molecule has 0 radical (unpaired) electrons. The average Bonchev–Trinajstić information content (AvgIpc) is 2.83. The quantitative estimate of drug-likeness (QED) is 0.806. The van der Waals surface area contributed by atoms with Gasteiger partial charge in [0, 0.05) is 10.6 Å². The molecule has 1 aliphatic rings. The number of hydrogen-bond acceptors (Lipinski definition) is 2. The Hall–Kier alpha value is -0.870. The lowest BCUT2D eigenvalue weighted by Crippen LogP contribution is -2.15. The van der Waals surface area contributed by atoms with Crippen LogP contribution in [0.5, 0.6) is 0 Å². The van der Waals surface area contributed by atoms with Crippen molar-refractivity contribution in [2.24, 2.45) is 0 Å². The zero-order chi connectivity index (χ0) is 12.5. The van der Waals surface area contributed by atoms with Crippen LogP contribution < -0.4 is 5.32 Å². The van der Waals surface area contributed by atoms with Gasteiger partial charge in [-0.1, -0.05) is 0 Å². The van der Waals surface area contributed by atoms with Crippen LogP contribution in [0.2, 0.25) is 0 Å². The molecule has 2 aromatic rings. The maximum atomic E-state index is 13.2. The van der Waals surface area contributed by atoms with Crippen molar-refractivity contribution in [3.63, 3.8) is 0 Å². The lowest BCUT2D eigenvalue weighted by Gasteiger charge is -2.24. The number of fused-ring (bicyclic) bond motifs is 1. The van der Waals surface area contributed by atoms with Gasteiger partial charge in [-0.05, 0) is 70.4 Å². The van der Waals surface area contributed by atoms with Gasteiger partial charge in [0.2, 0.25) is 0 Å². The fourth-order valence-corrected chi connectivity index (χ4v) is 3.79. The first-order chi connectivity index (χ1) is 8.74. The number of hydrogen-bond donors (Lipinski definition) is 1. The minimum absolute atomic E-state index is 0.222. The van der Waals surface area contributed by atoms with Crippen LogP contribution in [0.15, 0.2) is 34.1 Å². The van der Waals surface area contributed by atoms with Crippen LogP contribution in [0.25, 0.3) is 0 Å². The fourth-order valence-electron chi connectivity index (χ4n) is 2.42. The van der Waals surface area contributed by atoms with Gasteiger partial charge in [0.25, 0.3) is 0 Å². The maximum absolute atomic E-state index is 13.2. The molecule has 94 valence electrons. The van der Waals surface area contributed by atoms with Crippen molar-refractivity contribution in [2.45, 2.75) is 25.3 Å². The van der Waals surface area contributed by atoms with Gasteiger partial charge in [0.05, 0.1) is 10.5 Å². The molecule has 0 saturated heterocycles. The monoisotopic (exact) mass is 325 g/mol. The van der Waals surface area contributed by atoms with Crippen LogP contribution in [-0.4, -0.2) is 0 Å². The molecule has 0 spiro atoms. The minimum atomic E-state index is -0.222. The summed E-state index contributed by atoms with van der Waals surface area (Å²) < 4.78 is 13.7. The van der Waals surface area contributed by atoms with Gasteiger partial charge in [0.1, 0.15) is 5.82 Å². The zero-order valence-electron chi connectivity index (χ0n) is 9.75. The van der Waals surface area contributed by atoms with Crippen molar-refractivity contribution < 1.29 is 4.39 Å². The van der Waals surface area contributed by atoms with E-state index in [0.29, 0.717) is 10.5 Å². The summed E-state index contributed by atoms with van der Waals surface area (Å²) in [4.78, 5) is 1.49. The molecule has 1 N–H and O–H groups in total. The third-order valence-corrected chi connectivity index (χ3v) is 4.92. The van der Waals surface area contributed by atoms with Crippen molar-refractivity contribution >= 4 is 33.0 Å². The third-order valence-electron chi connectivity index (χ3n) is 3.31. The van der Waals surface area contributed by atoms with Crippen LogP contribution in [0, 0.1) is 5.82 Å². The summed E-state index contributed by atoms with van der Waals surface area (Å²) in [6, 6.07) is 7.65. The maximum Gasteiger partial charge on any atom is 0.137 e. The first-order valence-corrected chi connectivity index (χ1v) is 7.69. The SMILES string of the molecule is Fc1ccc(NC2CCCc3sccc32)cc1Br. The molecule has 0 saturated carbocycles. The van der Waals surface area contributed by atoms with Gasteiger partial charge < -0.3 is 5.32 Å². The van der Waals surface area contributed by atoms with Crippen molar-refractivity contribution in [1.29, 1.82) is 0 Å². The minimum Gasteiger partial charge on any atom is -0.378 e. The lowest BCUT2D eigenvalue weighted by molar-refractivity contribution is 0.606. The summed E-state index contributed by atoms with van der Waals surface area (Å²) in [5.41, 5.74) is 2.37. The summed E-state index contributed by atoms with van der Waals surface area (Å²) in [5, 5.41) is 5.66. The van der Waals surface area contributed by atoms with E-state index >= 15 is 0 Å². The second-order valence-electron chi connectivity index (χ2n) is 4.52. The Morgan fingerprint density at radius 3 is 3.06 bits per heavy atom. The highest BCUT2D eigenvalue weighted by Gasteiger charge is 2.21. The summed E-state index contributed by atoms with van der Waals surface area (Å²) in [5.74, 6) is -0.222. The normalized spacial score (nSPS) is 18.4. The van der Waals surface area contributed by atoms with E-state index in [1.165, 1.54) is 29.3 Å². The molecule has 0 bridgehead atoms. The summed E-state index contributed by atoms with van der Waals surface area (Å²) >= 11 is 5.06. The Morgan fingerprint density at radius 1 is 1.33 bits per heavy atom. The number of thiophene rings is 1. The molecule has 3 rings (SSSR count). The van der Waals surface area contributed by atoms with E-state index in [-0.39, 0.29) is 5.82 Å². The van der Waals surface area contributed by atoms with Gasteiger partial charge in [-0.15, -0.1) is 11.3 Å². The highest BCUT2D eigenvalue weighted by atomic mass is 79.9. The largest absolute Gasteiger partial charge is 0.378 e. The molecule has 1 aromatic carbocycles. The molecule has 1 aliphatic carbocycles. The van der Waals surface area contributed by atoms with Crippen LogP contribution >= 0.6 is 27.3 Å². The second kappa shape index (κ2) is 5.02. The highest BCUT2D eigenvalue weighted by molar-refractivity contribution is 9.10. The van der Waals surface area contributed by atoms with E-state index in [1.807, 2.05) is 11.3 Å². The molecule has 1 unspecified atom stereocenters. The lowest BCUT2D eigenvalue weighted by atomic mass is 9.94. The summed E-state index contributed by atoms with van der Waals surface area (Å²) in [6.45, 7) is 0. The molecular formula is C14H13BrFNS. The highest BCUT2D eigenvalue weighted by Crippen LogP contribution is 2.35. The van der Waals surface area contributed by atoms with Crippen LogP contribution in [0.3, 0.4) is 0 Å². The summed E-state index contributed by atoms with van der Waals surface area (Å²) in [7, 11) is 0. The van der Waals surface area contributed by atoms with E-state index in [0.717, 1.165) is 12.1 Å². The first kappa shape index (κ1) is 12.2. The third kappa shape index (κ3) is 2.31. The van der Waals surface area contributed by atoms with Crippen molar-refractivity contribution in [1.82, 2.24) is 0 Å². The summed E-state index contributed by atoms with van der Waals surface area (Å²) in [6.07, 6.45) is 3.55. The molecule has 18 heavy (non-hydrogen) atoms. The molecule has 1 aromatic heterocycles. The predicted molar refractivity (Wildman–Crippen MR) is 77.7 cm³/mol. The molecule has 1 atom stereocenters. The molecule has 1 heterocycles. The predicted octanol–water partition coefficient (Wildman–Crippen LogP) is 5.14. The van der Waals surface area contributed by atoms with Crippen LogP contribution in [-0.2, 0) is 6.42 Å². The molecular weight excluding hydrogens is 313 g/mol. The molecule has 0 amide bonds. The van der Waals surface area contributed by atoms with Gasteiger partial charge in [-0.3, -0.25) is 0 Å². The van der Waals surface area contributed by atoms with Gasteiger partial charge in [-0.2, -0.15) is 0 Å². The Kier molecular flexibility index (Phi) is 3.39. The Bertz CT molecular complexity index is 567. The fraction of sp³-hybridized carbons (Fsp3) is 0.286. The van der Waals surface area contributed by atoms with Crippen LogP contribution in [0.1, 0.15) is 29.3 Å².